The maximum absolute atomic E-state index is 11.0. The predicted molar refractivity (Wildman–Crippen MR) is 64.0 cm³/mol. The van der Waals surface area contributed by atoms with E-state index in [1.165, 1.54) is 6.26 Å². The lowest BCUT2D eigenvalue weighted by atomic mass is 10.1. The summed E-state index contributed by atoms with van der Waals surface area (Å²) in [6.45, 7) is 0.579. The lowest BCUT2D eigenvalue weighted by molar-refractivity contribution is 0.0652. The summed E-state index contributed by atoms with van der Waals surface area (Å²) < 4.78 is 10.7. The molecule has 3 rings (SSSR count). The Morgan fingerprint density at radius 2 is 2.11 bits per heavy atom. The van der Waals surface area contributed by atoms with Crippen LogP contribution in [0.4, 0.5) is 5.69 Å². The Morgan fingerprint density at radius 1 is 1.33 bits per heavy atom. The number of carboxylic acids is 1. The first-order chi connectivity index (χ1) is 8.75. The van der Waals surface area contributed by atoms with E-state index >= 15 is 0 Å². The van der Waals surface area contributed by atoms with Gasteiger partial charge >= 0.3 is 5.97 Å². The van der Waals surface area contributed by atoms with Crippen molar-refractivity contribution in [2.75, 3.05) is 11.9 Å². The number of rotatable bonds is 2. The van der Waals surface area contributed by atoms with E-state index in [0.717, 1.165) is 5.56 Å². The molecule has 2 aromatic rings. The smallest absolute Gasteiger partial charge is 0.375 e. The number of hydrogen-bond donors (Lipinski definition) is 2. The molecule has 1 aromatic heterocycles. The predicted octanol–water partition coefficient (Wildman–Crippen LogP) is 2.52. The minimum atomic E-state index is -1.13. The van der Waals surface area contributed by atoms with E-state index in [2.05, 4.69) is 5.32 Å². The number of aromatic carboxylic acids is 1. The summed E-state index contributed by atoms with van der Waals surface area (Å²) in [6.07, 6.45) is 1.15. The number of carboxylic acid groups (broad SMARTS) is 1. The quantitative estimate of drug-likeness (QED) is 0.850. The molecule has 0 bridgehead atoms. The lowest BCUT2D eigenvalue weighted by Gasteiger charge is -2.25. The average molecular weight is 245 g/mol. The molecule has 18 heavy (non-hydrogen) atoms. The van der Waals surface area contributed by atoms with Gasteiger partial charge in [-0.15, -0.1) is 0 Å². The van der Waals surface area contributed by atoms with Crippen LogP contribution in [0.2, 0.25) is 0 Å². The highest BCUT2D eigenvalue weighted by molar-refractivity contribution is 5.90. The zero-order valence-corrected chi connectivity index (χ0v) is 9.42. The Balaban J connectivity index is 1.93. The van der Waals surface area contributed by atoms with Crippen LogP contribution in [0.3, 0.4) is 0 Å². The first kappa shape index (κ1) is 10.7. The Labute approximate surface area is 103 Å². The maximum Gasteiger partial charge on any atom is 0.375 e. The van der Waals surface area contributed by atoms with Gasteiger partial charge in [-0.05, 0) is 5.56 Å². The van der Waals surface area contributed by atoms with E-state index in [1.54, 1.807) is 0 Å². The number of carbonyl (C=O) groups is 1. The number of benzene rings is 1. The molecule has 5 nitrogen and oxygen atoms in total. The van der Waals surface area contributed by atoms with E-state index in [0.29, 0.717) is 12.2 Å². The van der Waals surface area contributed by atoms with Gasteiger partial charge in [0.05, 0.1) is 6.54 Å². The molecule has 0 radical (unpaired) electrons. The largest absolute Gasteiger partial charge is 0.477 e. The molecular formula is C13H11NO4. The molecule has 0 saturated carbocycles. The van der Waals surface area contributed by atoms with Crippen molar-refractivity contribution < 1.29 is 19.1 Å². The van der Waals surface area contributed by atoms with Crippen LogP contribution in [0.5, 0.6) is 5.75 Å². The van der Waals surface area contributed by atoms with Crippen molar-refractivity contribution in [2.24, 2.45) is 0 Å². The summed E-state index contributed by atoms with van der Waals surface area (Å²) in [5.41, 5.74) is 1.58. The van der Waals surface area contributed by atoms with Crippen LogP contribution in [-0.2, 0) is 0 Å². The molecular weight excluding hydrogens is 234 g/mol. The van der Waals surface area contributed by atoms with Gasteiger partial charge in [0.1, 0.15) is 18.1 Å². The van der Waals surface area contributed by atoms with Crippen LogP contribution in [0.1, 0.15) is 22.2 Å². The van der Waals surface area contributed by atoms with E-state index in [-0.39, 0.29) is 17.6 Å². The summed E-state index contributed by atoms with van der Waals surface area (Å²) in [5, 5.41) is 12.1. The second-order valence-electron chi connectivity index (χ2n) is 4.01. The van der Waals surface area contributed by atoms with Crippen LogP contribution >= 0.6 is 0 Å². The molecule has 2 N–H and O–H groups in total. The van der Waals surface area contributed by atoms with Crippen molar-refractivity contribution in [2.45, 2.75) is 6.10 Å². The number of ether oxygens (including phenoxy) is 1. The zero-order valence-electron chi connectivity index (χ0n) is 9.42. The summed E-state index contributed by atoms with van der Waals surface area (Å²) in [5.74, 6) is -1.03. The van der Waals surface area contributed by atoms with Gasteiger partial charge in [-0.1, -0.05) is 30.3 Å². The third-order valence-electron chi connectivity index (χ3n) is 2.85. The number of nitrogens with one attached hydrogen (secondary N) is 1. The number of anilines is 1. The molecule has 0 amide bonds. The van der Waals surface area contributed by atoms with E-state index in [4.69, 9.17) is 14.3 Å². The van der Waals surface area contributed by atoms with Crippen molar-refractivity contribution >= 4 is 11.7 Å². The van der Waals surface area contributed by atoms with Crippen molar-refractivity contribution in [3.63, 3.8) is 0 Å². The molecule has 1 aliphatic rings. The van der Waals surface area contributed by atoms with Gasteiger partial charge < -0.3 is 19.6 Å². The number of furan rings is 1. The third-order valence-corrected chi connectivity index (χ3v) is 2.85. The van der Waals surface area contributed by atoms with Crippen LogP contribution in [0.15, 0.2) is 41.0 Å². The van der Waals surface area contributed by atoms with Gasteiger partial charge in [0.15, 0.2) is 5.75 Å². The Bertz CT molecular complexity index is 576. The van der Waals surface area contributed by atoms with Crippen molar-refractivity contribution in [1.29, 1.82) is 0 Å². The minimum Gasteiger partial charge on any atom is -0.477 e. The molecule has 5 heteroatoms. The Morgan fingerprint density at radius 3 is 2.83 bits per heavy atom. The molecule has 1 unspecified atom stereocenters. The van der Waals surface area contributed by atoms with Crippen molar-refractivity contribution in [3.05, 3.63) is 47.9 Å². The Kier molecular flexibility index (Phi) is 2.44. The van der Waals surface area contributed by atoms with Gasteiger partial charge in [-0.3, -0.25) is 0 Å². The molecule has 92 valence electrons. The van der Waals surface area contributed by atoms with Crippen molar-refractivity contribution in [1.82, 2.24) is 0 Å². The molecule has 1 aromatic carbocycles. The van der Waals surface area contributed by atoms with Gasteiger partial charge in [0, 0.05) is 0 Å². The molecule has 1 aliphatic heterocycles. The van der Waals surface area contributed by atoms with E-state index in [1.807, 2.05) is 30.3 Å². The first-order valence-electron chi connectivity index (χ1n) is 5.56. The standard InChI is InChI=1S/C13H11NO4/c15-13(16)12-11-9(7-17-12)14-6-10(18-11)8-4-2-1-3-5-8/h1-5,7,10,14H,6H2,(H,15,16). The van der Waals surface area contributed by atoms with Crippen LogP contribution < -0.4 is 10.1 Å². The minimum absolute atomic E-state index is 0.168. The SMILES string of the molecule is O=C(O)c1occ2c1OC(c1ccccc1)CN2. The normalized spacial score (nSPS) is 17.4. The van der Waals surface area contributed by atoms with Crippen molar-refractivity contribution in [3.8, 4) is 5.75 Å². The molecule has 0 fully saturated rings. The fraction of sp³-hybridized carbons (Fsp3) is 0.154. The molecule has 0 aliphatic carbocycles. The van der Waals surface area contributed by atoms with Gasteiger partial charge in [0.25, 0.3) is 5.76 Å². The highest BCUT2D eigenvalue weighted by Crippen LogP contribution is 2.38. The monoisotopic (exact) mass is 245 g/mol. The van der Waals surface area contributed by atoms with Gasteiger partial charge in [0.2, 0.25) is 0 Å². The first-order valence-corrected chi connectivity index (χ1v) is 5.56. The highest BCUT2D eigenvalue weighted by Gasteiger charge is 2.28. The van der Waals surface area contributed by atoms with E-state index < -0.39 is 5.97 Å². The lowest BCUT2D eigenvalue weighted by Crippen LogP contribution is -2.23. The zero-order chi connectivity index (χ0) is 12.5. The molecule has 0 saturated heterocycles. The Hall–Kier alpha value is -2.43. The second-order valence-corrected chi connectivity index (χ2v) is 4.01. The molecule has 1 atom stereocenters. The maximum atomic E-state index is 11.0. The second kappa shape index (κ2) is 4.10. The fourth-order valence-electron chi connectivity index (χ4n) is 1.97. The topological polar surface area (TPSA) is 71.7 Å². The summed E-state index contributed by atoms with van der Waals surface area (Å²) >= 11 is 0. The summed E-state index contributed by atoms with van der Waals surface area (Å²) in [4.78, 5) is 11.0. The van der Waals surface area contributed by atoms with Crippen LogP contribution in [0.25, 0.3) is 0 Å². The average Bonchev–Trinajstić information content (AvgIpc) is 2.82. The van der Waals surface area contributed by atoms with Gasteiger partial charge in [-0.2, -0.15) is 0 Å². The van der Waals surface area contributed by atoms with Crippen LogP contribution in [-0.4, -0.2) is 17.6 Å². The van der Waals surface area contributed by atoms with E-state index in [9.17, 15) is 4.79 Å². The number of fused-ring (bicyclic) bond motifs is 1. The summed E-state index contributed by atoms with van der Waals surface area (Å²) in [7, 11) is 0. The third kappa shape index (κ3) is 1.69. The molecule has 0 spiro atoms. The highest BCUT2D eigenvalue weighted by atomic mass is 16.5. The van der Waals surface area contributed by atoms with Gasteiger partial charge in [-0.25, -0.2) is 4.79 Å². The fourth-order valence-corrected chi connectivity index (χ4v) is 1.97. The summed E-state index contributed by atoms with van der Waals surface area (Å²) in [6, 6.07) is 9.64. The van der Waals surface area contributed by atoms with Crippen LogP contribution in [0, 0.1) is 0 Å². The molecule has 2 heterocycles. The number of hydrogen-bond acceptors (Lipinski definition) is 4.